The summed E-state index contributed by atoms with van der Waals surface area (Å²) in [6, 6.07) is 9.62. The zero-order chi connectivity index (χ0) is 13.5. The fourth-order valence-corrected chi connectivity index (χ4v) is 2.03. The molecule has 0 unspecified atom stereocenters. The summed E-state index contributed by atoms with van der Waals surface area (Å²) in [4.78, 5) is 20.2. The van der Waals surface area contributed by atoms with E-state index in [9.17, 15) is 4.79 Å². The van der Waals surface area contributed by atoms with Crippen LogP contribution in [-0.4, -0.2) is 22.4 Å². The number of aromatic nitrogens is 2. The summed E-state index contributed by atoms with van der Waals surface area (Å²) >= 11 is 0. The van der Waals surface area contributed by atoms with Crippen LogP contribution in [0.2, 0.25) is 0 Å². The molecular formula is C15H17N3O. The van der Waals surface area contributed by atoms with E-state index in [0.29, 0.717) is 13.0 Å². The van der Waals surface area contributed by atoms with Gasteiger partial charge in [0.25, 0.3) is 0 Å². The summed E-state index contributed by atoms with van der Waals surface area (Å²) in [5.41, 5.74) is 1.96. The van der Waals surface area contributed by atoms with E-state index in [1.165, 1.54) is 0 Å². The van der Waals surface area contributed by atoms with Crippen LogP contribution < -0.4 is 5.32 Å². The molecule has 4 nitrogen and oxygen atoms in total. The van der Waals surface area contributed by atoms with Crippen molar-refractivity contribution in [2.45, 2.75) is 19.3 Å². The Morgan fingerprint density at radius 1 is 1.21 bits per heavy atom. The van der Waals surface area contributed by atoms with Crippen molar-refractivity contribution in [2.75, 3.05) is 6.54 Å². The summed E-state index contributed by atoms with van der Waals surface area (Å²) in [5, 5.41) is 2.83. The molecule has 1 atom stereocenters. The highest BCUT2D eigenvalue weighted by Crippen LogP contribution is 2.25. The first-order valence-electron chi connectivity index (χ1n) is 6.38. The van der Waals surface area contributed by atoms with Crippen molar-refractivity contribution in [3.8, 4) is 0 Å². The third-order valence-corrected chi connectivity index (χ3v) is 2.92. The fourth-order valence-electron chi connectivity index (χ4n) is 2.03. The predicted molar refractivity (Wildman–Crippen MR) is 73.6 cm³/mol. The molecule has 0 saturated carbocycles. The van der Waals surface area contributed by atoms with Crippen LogP contribution in [0.4, 0.5) is 0 Å². The molecule has 0 saturated heterocycles. The third kappa shape index (κ3) is 3.61. The molecule has 4 heteroatoms. The van der Waals surface area contributed by atoms with Crippen LogP contribution in [0.5, 0.6) is 0 Å². The van der Waals surface area contributed by atoms with Gasteiger partial charge < -0.3 is 5.32 Å². The van der Waals surface area contributed by atoms with Crippen molar-refractivity contribution in [1.29, 1.82) is 0 Å². The first-order valence-corrected chi connectivity index (χ1v) is 6.38. The average molecular weight is 255 g/mol. The van der Waals surface area contributed by atoms with Crippen molar-refractivity contribution >= 4 is 5.91 Å². The first kappa shape index (κ1) is 13.2. The maximum Gasteiger partial charge on any atom is 0.221 e. The van der Waals surface area contributed by atoms with Gasteiger partial charge in [0.05, 0.1) is 0 Å². The number of hydrogen-bond acceptors (Lipinski definition) is 3. The Morgan fingerprint density at radius 2 is 2.00 bits per heavy atom. The molecule has 0 fully saturated rings. The van der Waals surface area contributed by atoms with E-state index in [1.54, 1.807) is 18.6 Å². The molecule has 0 spiro atoms. The smallest absolute Gasteiger partial charge is 0.221 e. The van der Waals surface area contributed by atoms with Gasteiger partial charge in [0, 0.05) is 43.2 Å². The third-order valence-electron chi connectivity index (χ3n) is 2.92. The molecule has 0 bridgehead atoms. The quantitative estimate of drug-likeness (QED) is 0.890. The van der Waals surface area contributed by atoms with Crippen LogP contribution >= 0.6 is 0 Å². The van der Waals surface area contributed by atoms with Gasteiger partial charge in [-0.25, -0.2) is 0 Å². The Morgan fingerprint density at radius 3 is 2.63 bits per heavy atom. The Hall–Kier alpha value is -2.23. The minimum absolute atomic E-state index is 0.0317. The molecule has 2 rings (SSSR count). The second kappa shape index (κ2) is 6.64. The summed E-state index contributed by atoms with van der Waals surface area (Å²) in [7, 11) is 0. The van der Waals surface area contributed by atoms with E-state index in [2.05, 4.69) is 15.3 Å². The second-order valence-corrected chi connectivity index (χ2v) is 4.25. The van der Waals surface area contributed by atoms with Crippen molar-refractivity contribution in [1.82, 2.24) is 15.3 Å². The number of rotatable bonds is 5. The number of pyridine rings is 2. The number of nitrogens with zero attached hydrogens (tertiary/aromatic N) is 2. The molecule has 2 heterocycles. The topological polar surface area (TPSA) is 54.9 Å². The molecule has 98 valence electrons. The van der Waals surface area contributed by atoms with Gasteiger partial charge in [0.1, 0.15) is 0 Å². The van der Waals surface area contributed by atoms with Crippen LogP contribution in [0, 0.1) is 0 Å². The second-order valence-electron chi connectivity index (χ2n) is 4.25. The predicted octanol–water partition coefficient (Wildman–Crippen LogP) is 2.13. The summed E-state index contributed by atoms with van der Waals surface area (Å²) in [5.74, 6) is 0.00529. The highest BCUT2D eigenvalue weighted by Gasteiger charge is 2.18. The normalized spacial score (nSPS) is 11.8. The summed E-state index contributed by atoms with van der Waals surface area (Å²) in [6.07, 6.45) is 5.63. The molecular weight excluding hydrogens is 238 g/mol. The zero-order valence-corrected chi connectivity index (χ0v) is 10.9. The maximum atomic E-state index is 11.8. The number of carbonyl (C=O) groups is 1. The first-order chi connectivity index (χ1) is 9.31. The van der Waals surface area contributed by atoms with Crippen LogP contribution in [0.25, 0.3) is 0 Å². The molecule has 1 amide bonds. The Kier molecular flexibility index (Phi) is 4.61. The van der Waals surface area contributed by atoms with E-state index in [4.69, 9.17) is 0 Å². The number of amides is 1. The summed E-state index contributed by atoms with van der Waals surface area (Å²) in [6.45, 7) is 2.56. The van der Waals surface area contributed by atoms with Gasteiger partial charge in [-0.3, -0.25) is 14.8 Å². The number of nitrogens with one attached hydrogen (secondary N) is 1. The standard InChI is InChI=1S/C15H17N3O/c1-2-17-15(19)11-13(12-6-9-16-10-7-12)14-5-3-4-8-18-14/h3-10,13H,2,11H2,1H3,(H,17,19)/t13-/m0/s1. The molecule has 0 radical (unpaired) electrons. The van der Waals surface area contributed by atoms with Crippen LogP contribution in [0.3, 0.4) is 0 Å². The van der Waals surface area contributed by atoms with Gasteiger partial charge in [0.2, 0.25) is 5.91 Å². The molecule has 1 N–H and O–H groups in total. The van der Waals surface area contributed by atoms with E-state index < -0.39 is 0 Å². The van der Waals surface area contributed by atoms with Gasteiger partial charge >= 0.3 is 0 Å². The lowest BCUT2D eigenvalue weighted by molar-refractivity contribution is -0.121. The number of carbonyl (C=O) groups excluding carboxylic acids is 1. The van der Waals surface area contributed by atoms with Gasteiger partial charge in [-0.2, -0.15) is 0 Å². The van der Waals surface area contributed by atoms with E-state index >= 15 is 0 Å². The summed E-state index contributed by atoms with van der Waals surface area (Å²) < 4.78 is 0. The van der Waals surface area contributed by atoms with Gasteiger partial charge in [0.15, 0.2) is 0 Å². The van der Waals surface area contributed by atoms with Crippen LogP contribution in [0.1, 0.15) is 30.5 Å². The lowest BCUT2D eigenvalue weighted by atomic mass is 9.92. The Balaban J connectivity index is 2.26. The SMILES string of the molecule is CCNC(=O)C[C@@H](c1ccncc1)c1ccccn1. The maximum absolute atomic E-state index is 11.8. The van der Waals surface area contributed by atoms with E-state index in [0.717, 1.165) is 11.3 Å². The van der Waals surface area contributed by atoms with Crippen molar-refractivity contribution < 1.29 is 4.79 Å². The van der Waals surface area contributed by atoms with Crippen LogP contribution in [0.15, 0.2) is 48.9 Å². The average Bonchev–Trinajstić information content (AvgIpc) is 2.47. The molecule has 0 aliphatic heterocycles. The molecule has 19 heavy (non-hydrogen) atoms. The van der Waals surface area contributed by atoms with Crippen molar-refractivity contribution in [2.24, 2.45) is 0 Å². The highest BCUT2D eigenvalue weighted by molar-refractivity contribution is 5.77. The Labute approximate surface area is 112 Å². The Bertz CT molecular complexity index is 474. The lowest BCUT2D eigenvalue weighted by Gasteiger charge is -2.16. The lowest BCUT2D eigenvalue weighted by Crippen LogP contribution is -2.25. The van der Waals surface area contributed by atoms with Gasteiger partial charge in [-0.05, 0) is 36.8 Å². The van der Waals surface area contributed by atoms with E-state index in [-0.39, 0.29) is 11.8 Å². The van der Waals surface area contributed by atoms with Crippen LogP contribution in [-0.2, 0) is 4.79 Å². The van der Waals surface area contributed by atoms with Crippen molar-refractivity contribution in [3.05, 3.63) is 60.2 Å². The highest BCUT2D eigenvalue weighted by atomic mass is 16.1. The van der Waals surface area contributed by atoms with Gasteiger partial charge in [-0.1, -0.05) is 6.07 Å². The fraction of sp³-hybridized carbons (Fsp3) is 0.267. The number of hydrogen-bond donors (Lipinski definition) is 1. The molecule has 2 aromatic heterocycles. The molecule has 0 aliphatic carbocycles. The minimum atomic E-state index is -0.0317. The molecule has 2 aromatic rings. The molecule has 0 aromatic carbocycles. The van der Waals surface area contributed by atoms with Crippen molar-refractivity contribution in [3.63, 3.8) is 0 Å². The molecule has 0 aliphatic rings. The zero-order valence-electron chi connectivity index (χ0n) is 10.9. The van der Waals surface area contributed by atoms with E-state index in [1.807, 2.05) is 37.3 Å². The monoisotopic (exact) mass is 255 g/mol. The van der Waals surface area contributed by atoms with Gasteiger partial charge in [-0.15, -0.1) is 0 Å². The largest absolute Gasteiger partial charge is 0.356 e. The minimum Gasteiger partial charge on any atom is -0.356 e.